The number of aryl methyl sites for hydroxylation is 1. The molecular formula is C16H23FN2O4. The fraction of sp³-hybridized carbons (Fsp3) is 0.562. The number of phenolic OH excluding ortho intramolecular Hbond substituents is 1. The second-order valence-corrected chi connectivity index (χ2v) is 6.05. The number of aromatic hydroxyl groups is 1. The third-order valence-electron chi connectivity index (χ3n) is 4.48. The summed E-state index contributed by atoms with van der Waals surface area (Å²) in [6.07, 6.45) is -0.226. The lowest BCUT2D eigenvalue weighted by Gasteiger charge is -2.35. The van der Waals surface area contributed by atoms with E-state index < -0.39 is 30.5 Å². The van der Waals surface area contributed by atoms with Crippen molar-refractivity contribution < 1.29 is 24.5 Å². The highest BCUT2D eigenvalue weighted by atomic mass is 19.1. The van der Waals surface area contributed by atoms with E-state index in [4.69, 9.17) is 10.8 Å². The number of nitrogens with zero attached hydrogens (tertiary/aromatic N) is 1. The van der Waals surface area contributed by atoms with Crippen molar-refractivity contribution in [1.29, 1.82) is 0 Å². The number of aliphatic hydroxyl groups is 2. The number of piperidine rings is 1. The Morgan fingerprint density at radius 2 is 2.04 bits per heavy atom. The van der Waals surface area contributed by atoms with Crippen LogP contribution in [-0.2, 0) is 4.79 Å². The van der Waals surface area contributed by atoms with E-state index in [0.29, 0.717) is 37.1 Å². The number of phenols is 1. The maximum Gasteiger partial charge on any atom is 0.253 e. The molecule has 1 fully saturated rings. The molecule has 1 saturated heterocycles. The molecule has 128 valence electrons. The Hall–Kier alpha value is -1.70. The zero-order chi connectivity index (χ0) is 17.1. The van der Waals surface area contributed by atoms with Gasteiger partial charge in [-0.15, -0.1) is 0 Å². The van der Waals surface area contributed by atoms with Gasteiger partial charge in [0.2, 0.25) is 0 Å². The minimum absolute atomic E-state index is 0.00155. The molecule has 0 spiro atoms. The van der Waals surface area contributed by atoms with Gasteiger partial charge in [-0.2, -0.15) is 0 Å². The highest BCUT2D eigenvalue weighted by Crippen LogP contribution is 2.34. The third-order valence-corrected chi connectivity index (χ3v) is 4.48. The standard InChI is InChI=1S/C16H23FN2O4/c1-9-6-13(21)11(7-12(9)17)15(18)10-2-4-19(5-3-10)16(23)14(22)8-20/h6-7,10,14-15,20-22H,2-5,8,18H2,1H3. The number of rotatable bonds is 4. The van der Waals surface area contributed by atoms with Crippen LogP contribution in [0.15, 0.2) is 12.1 Å². The molecule has 1 aromatic carbocycles. The van der Waals surface area contributed by atoms with E-state index in [9.17, 15) is 19.4 Å². The number of carbonyl (C=O) groups is 1. The number of hydrogen-bond acceptors (Lipinski definition) is 5. The summed E-state index contributed by atoms with van der Waals surface area (Å²) in [5, 5.41) is 28.2. The van der Waals surface area contributed by atoms with Gasteiger partial charge in [-0.1, -0.05) is 0 Å². The Labute approximate surface area is 134 Å². The Morgan fingerprint density at radius 3 is 2.61 bits per heavy atom. The van der Waals surface area contributed by atoms with Gasteiger partial charge in [0.05, 0.1) is 6.61 Å². The fourth-order valence-corrected chi connectivity index (χ4v) is 2.97. The van der Waals surface area contributed by atoms with Crippen LogP contribution in [0, 0.1) is 18.7 Å². The predicted molar refractivity (Wildman–Crippen MR) is 82.1 cm³/mol. The quantitative estimate of drug-likeness (QED) is 0.642. The lowest BCUT2D eigenvalue weighted by atomic mass is 9.85. The second kappa shape index (κ2) is 7.25. The van der Waals surface area contributed by atoms with Crippen molar-refractivity contribution in [1.82, 2.24) is 4.90 Å². The molecule has 1 amide bonds. The molecule has 0 radical (unpaired) electrons. The van der Waals surface area contributed by atoms with E-state index in [1.54, 1.807) is 6.92 Å². The number of hydrogen-bond donors (Lipinski definition) is 4. The lowest BCUT2D eigenvalue weighted by Crippen LogP contribution is -2.46. The van der Waals surface area contributed by atoms with Gasteiger partial charge in [0.25, 0.3) is 5.91 Å². The Balaban J connectivity index is 2.03. The predicted octanol–water partition coefficient (Wildman–Crippen LogP) is 0.431. The molecule has 1 aliphatic rings. The van der Waals surface area contributed by atoms with E-state index >= 15 is 0 Å². The molecule has 0 aliphatic carbocycles. The summed E-state index contributed by atoms with van der Waals surface area (Å²) < 4.78 is 13.7. The Bertz CT molecular complexity index is 573. The van der Waals surface area contributed by atoms with E-state index in [1.807, 2.05) is 0 Å². The minimum atomic E-state index is -1.39. The van der Waals surface area contributed by atoms with Crippen LogP contribution >= 0.6 is 0 Å². The highest BCUT2D eigenvalue weighted by Gasteiger charge is 2.30. The number of benzene rings is 1. The first kappa shape index (κ1) is 17.7. The summed E-state index contributed by atoms with van der Waals surface area (Å²) >= 11 is 0. The summed E-state index contributed by atoms with van der Waals surface area (Å²) in [6, 6.07) is 2.11. The third kappa shape index (κ3) is 3.80. The molecule has 0 saturated carbocycles. The average molecular weight is 326 g/mol. The number of carbonyl (C=O) groups excluding carboxylic acids is 1. The van der Waals surface area contributed by atoms with Crippen LogP contribution in [0.1, 0.15) is 30.0 Å². The number of halogens is 1. The van der Waals surface area contributed by atoms with E-state index in [2.05, 4.69) is 0 Å². The lowest BCUT2D eigenvalue weighted by molar-refractivity contribution is -0.143. The molecule has 1 aliphatic heterocycles. The van der Waals surface area contributed by atoms with Crippen molar-refractivity contribution >= 4 is 5.91 Å². The van der Waals surface area contributed by atoms with Gasteiger partial charge >= 0.3 is 0 Å². The topological polar surface area (TPSA) is 107 Å². The zero-order valence-electron chi connectivity index (χ0n) is 13.1. The zero-order valence-corrected chi connectivity index (χ0v) is 13.1. The van der Waals surface area contributed by atoms with Crippen LogP contribution in [-0.4, -0.2) is 51.9 Å². The normalized spacial score (nSPS) is 18.7. The van der Waals surface area contributed by atoms with Gasteiger partial charge < -0.3 is 26.0 Å². The molecule has 2 rings (SSSR count). The second-order valence-electron chi connectivity index (χ2n) is 6.05. The van der Waals surface area contributed by atoms with Gasteiger partial charge in [-0.05, 0) is 43.4 Å². The van der Waals surface area contributed by atoms with Gasteiger partial charge in [0.1, 0.15) is 11.6 Å². The summed E-state index contributed by atoms with van der Waals surface area (Å²) in [5.74, 6) is -0.931. The minimum Gasteiger partial charge on any atom is -0.508 e. The molecular weight excluding hydrogens is 303 g/mol. The molecule has 2 atom stereocenters. The molecule has 2 unspecified atom stereocenters. The summed E-state index contributed by atoms with van der Waals surface area (Å²) in [6.45, 7) is 1.78. The molecule has 23 heavy (non-hydrogen) atoms. The molecule has 0 aromatic heterocycles. The molecule has 5 N–H and O–H groups in total. The summed E-state index contributed by atoms with van der Waals surface area (Å²) in [4.78, 5) is 13.3. The van der Waals surface area contributed by atoms with Gasteiger partial charge in [-0.25, -0.2) is 4.39 Å². The van der Waals surface area contributed by atoms with Crippen molar-refractivity contribution in [3.05, 3.63) is 29.1 Å². The first-order valence-corrected chi connectivity index (χ1v) is 7.67. The SMILES string of the molecule is Cc1cc(O)c(C(N)C2CCN(C(=O)C(O)CO)CC2)cc1F. The molecule has 7 heteroatoms. The van der Waals surface area contributed by atoms with Crippen LogP contribution in [0.25, 0.3) is 0 Å². The summed E-state index contributed by atoms with van der Waals surface area (Å²) in [7, 11) is 0. The number of likely N-dealkylation sites (tertiary alicyclic amines) is 1. The van der Waals surface area contributed by atoms with Gasteiger partial charge in [0.15, 0.2) is 6.10 Å². The van der Waals surface area contributed by atoms with Crippen LogP contribution in [0.4, 0.5) is 4.39 Å². The van der Waals surface area contributed by atoms with E-state index in [1.165, 1.54) is 17.0 Å². The van der Waals surface area contributed by atoms with Crippen molar-refractivity contribution in [3.8, 4) is 5.75 Å². The van der Waals surface area contributed by atoms with Gasteiger partial charge in [-0.3, -0.25) is 4.79 Å². The molecule has 1 heterocycles. The van der Waals surface area contributed by atoms with Gasteiger partial charge in [0, 0.05) is 24.7 Å². The molecule has 1 aromatic rings. The largest absolute Gasteiger partial charge is 0.508 e. The van der Waals surface area contributed by atoms with Crippen LogP contribution in [0.5, 0.6) is 5.75 Å². The Morgan fingerprint density at radius 1 is 1.43 bits per heavy atom. The van der Waals surface area contributed by atoms with Crippen LogP contribution in [0.3, 0.4) is 0 Å². The first-order valence-electron chi connectivity index (χ1n) is 7.67. The maximum atomic E-state index is 13.7. The van der Waals surface area contributed by atoms with Crippen molar-refractivity contribution in [2.75, 3.05) is 19.7 Å². The fourth-order valence-electron chi connectivity index (χ4n) is 2.97. The van der Waals surface area contributed by atoms with Crippen molar-refractivity contribution in [2.45, 2.75) is 31.9 Å². The number of aliphatic hydroxyl groups excluding tert-OH is 2. The number of nitrogens with two attached hydrogens (primary N) is 1. The maximum absolute atomic E-state index is 13.7. The van der Waals surface area contributed by atoms with Crippen LogP contribution < -0.4 is 5.73 Å². The first-order chi connectivity index (χ1) is 10.8. The monoisotopic (exact) mass is 326 g/mol. The van der Waals surface area contributed by atoms with Crippen molar-refractivity contribution in [3.63, 3.8) is 0 Å². The van der Waals surface area contributed by atoms with Crippen molar-refractivity contribution in [2.24, 2.45) is 11.7 Å². The van der Waals surface area contributed by atoms with E-state index in [-0.39, 0.29) is 11.7 Å². The number of amides is 1. The molecule has 6 nitrogen and oxygen atoms in total. The molecule has 0 bridgehead atoms. The Kier molecular flexibility index (Phi) is 5.56. The highest BCUT2D eigenvalue weighted by molar-refractivity contribution is 5.80. The smallest absolute Gasteiger partial charge is 0.253 e. The van der Waals surface area contributed by atoms with E-state index in [0.717, 1.165) is 0 Å². The average Bonchev–Trinajstić information content (AvgIpc) is 2.56. The summed E-state index contributed by atoms with van der Waals surface area (Å²) in [5.41, 5.74) is 6.90. The van der Waals surface area contributed by atoms with Crippen LogP contribution in [0.2, 0.25) is 0 Å².